The van der Waals surface area contributed by atoms with E-state index < -0.39 is 78.1 Å². The standard InChI is InChI=1S/C34H53N9O8/c1-5-19(4)28(33(50)51)43-32(49)26(16-20-17-39-23-11-7-6-9-21(20)23)42-30(47)24(12-13-27(44)45)40-31(48)25(15-18(2)3)41-29(46)22(35)10-8-14-38-34(36)37/h6-7,9,11,17-19,22,24-26,28,39H,5,8,10,12-16,35H2,1-4H3,(H,40,48)(H,41,46)(H,42,47)(H,43,49)(H,44,45)(H,50,51)(H4,36,37,38)/t19-,22-,24-,25-,26-,28-/m0/s1. The fraction of sp³-hybridized carbons (Fsp3) is 0.559. The first-order chi connectivity index (χ1) is 24.0. The third kappa shape index (κ3) is 13.9. The highest BCUT2D eigenvalue weighted by atomic mass is 16.4. The number of para-hydroxylation sites is 1. The second-order valence-corrected chi connectivity index (χ2v) is 13.1. The number of aromatic nitrogens is 1. The van der Waals surface area contributed by atoms with E-state index in [9.17, 15) is 39.0 Å². The lowest BCUT2D eigenvalue weighted by atomic mass is 9.97. The predicted octanol–water partition coefficient (Wildman–Crippen LogP) is 0.282. The first-order valence-corrected chi connectivity index (χ1v) is 17.1. The van der Waals surface area contributed by atoms with Crippen LogP contribution in [0.5, 0.6) is 0 Å². The van der Waals surface area contributed by atoms with E-state index >= 15 is 0 Å². The smallest absolute Gasteiger partial charge is 0.326 e. The Morgan fingerprint density at radius 1 is 0.863 bits per heavy atom. The molecule has 0 aliphatic heterocycles. The Kier molecular flexibility index (Phi) is 16.9. The Bertz CT molecular complexity index is 1530. The summed E-state index contributed by atoms with van der Waals surface area (Å²) >= 11 is 0. The minimum absolute atomic E-state index is 0.0557. The Labute approximate surface area is 296 Å². The number of carbonyl (C=O) groups excluding carboxylic acids is 4. The van der Waals surface area contributed by atoms with E-state index in [4.69, 9.17) is 16.9 Å². The van der Waals surface area contributed by atoms with Crippen LogP contribution in [0.4, 0.5) is 0 Å². The number of guanidine groups is 1. The second kappa shape index (κ2) is 20.5. The molecule has 0 aliphatic rings. The third-order valence-electron chi connectivity index (χ3n) is 8.47. The number of amides is 4. The molecule has 13 N–H and O–H groups in total. The van der Waals surface area contributed by atoms with Crippen molar-refractivity contribution in [3.05, 3.63) is 36.0 Å². The summed E-state index contributed by atoms with van der Waals surface area (Å²) in [6, 6.07) is 1.18. The fourth-order valence-electron chi connectivity index (χ4n) is 5.41. The first-order valence-electron chi connectivity index (χ1n) is 17.1. The van der Waals surface area contributed by atoms with Crippen molar-refractivity contribution in [2.75, 3.05) is 6.54 Å². The van der Waals surface area contributed by atoms with Gasteiger partial charge < -0.3 is 53.2 Å². The van der Waals surface area contributed by atoms with Crippen LogP contribution in [-0.4, -0.2) is 93.5 Å². The molecular weight excluding hydrogens is 662 g/mol. The highest BCUT2D eigenvalue weighted by Gasteiger charge is 2.34. The molecule has 0 saturated carbocycles. The van der Waals surface area contributed by atoms with Gasteiger partial charge in [0.15, 0.2) is 5.96 Å². The van der Waals surface area contributed by atoms with Gasteiger partial charge in [-0.05, 0) is 49.1 Å². The summed E-state index contributed by atoms with van der Waals surface area (Å²) in [6.45, 7) is 7.43. The number of benzene rings is 1. The van der Waals surface area contributed by atoms with Crippen LogP contribution in [0.3, 0.4) is 0 Å². The van der Waals surface area contributed by atoms with Crippen molar-refractivity contribution in [1.82, 2.24) is 31.6 Å². The summed E-state index contributed by atoms with van der Waals surface area (Å²) in [6.07, 6.45) is 2.04. The van der Waals surface area contributed by atoms with Gasteiger partial charge in [-0.1, -0.05) is 52.3 Å². The van der Waals surface area contributed by atoms with Crippen LogP contribution >= 0.6 is 0 Å². The number of hydrogen-bond donors (Lipinski definition) is 11. The van der Waals surface area contributed by atoms with Gasteiger partial charge in [0.2, 0.25) is 23.6 Å². The Balaban J connectivity index is 2.34. The third-order valence-corrected chi connectivity index (χ3v) is 8.47. The fourth-order valence-corrected chi connectivity index (χ4v) is 5.41. The molecule has 0 aliphatic carbocycles. The molecule has 51 heavy (non-hydrogen) atoms. The maximum Gasteiger partial charge on any atom is 0.326 e. The van der Waals surface area contributed by atoms with Crippen molar-refractivity contribution in [2.45, 2.75) is 103 Å². The van der Waals surface area contributed by atoms with Crippen LogP contribution < -0.4 is 38.1 Å². The molecule has 1 aromatic heterocycles. The minimum atomic E-state index is -1.44. The van der Waals surface area contributed by atoms with Crippen molar-refractivity contribution in [1.29, 1.82) is 5.41 Å². The molecule has 17 nitrogen and oxygen atoms in total. The van der Waals surface area contributed by atoms with Crippen molar-refractivity contribution in [3.8, 4) is 0 Å². The van der Waals surface area contributed by atoms with Crippen molar-refractivity contribution in [2.24, 2.45) is 23.3 Å². The molecule has 17 heteroatoms. The minimum Gasteiger partial charge on any atom is -0.481 e. The number of aromatic amines is 1. The Hall–Kier alpha value is -5.19. The molecule has 0 bridgehead atoms. The monoisotopic (exact) mass is 715 g/mol. The van der Waals surface area contributed by atoms with E-state index in [1.807, 2.05) is 32.0 Å². The van der Waals surface area contributed by atoms with Gasteiger partial charge >= 0.3 is 11.9 Å². The summed E-state index contributed by atoms with van der Waals surface area (Å²) < 4.78 is 0. The van der Waals surface area contributed by atoms with Crippen LogP contribution in [-0.2, 0) is 35.2 Å². The second-order valence-electron chi connectivity index (χ2n) is 13.1. The summed E-state index contributed by atoms with van der Waals surface area (Å²) in [5, 5.41) is 40.2. The van der Waals surface area contributed by atoms with E-state index in [0.29, 0.717) is 24.9 Å². The van der Waals surface area contributed by atoms with Gasteiger partial charge in [-0.2, -0.15) is 0 Å². The predicted molar refractivity (Wildman–Crippen MR) is 190 cm³/mol. The average Bonchev–Trinajstić information content (AvgIpc) is 3.47. The van der Waals surface area contributed by atoms with Crippen LogP contribution in [0.1, 0.15) is 71.8 Å². The number of aliphatic carboxylic acids is 2. The summed E-state index contributed by atoms with van der Waals surface area (Å²) in [5.74, 6) is -6.23. The molecule has 0 spiro atoms. The zero-order valence-electron chi connectivity index (χ0n) is 29.6. The van der Waals surface area contributed by atoms with Crippen molar-refractivity contribution in [3.63, 3.8) is 0 Å². The molecule has 4 amide bonds. The zero-order valence-corrected chi connectivity index (χ0v) is 29.6. The molecule has 0 unspecified atom stereocenters. The van der Waals surface area contributed by atoms with E-state index in [1.165, 1.54) is 0 Å². The zero-order chi connectivity index (χ0) is 38.2. The van der Waals surface area contributed by atoms with E-state index in [0.717, 1.165) is 10.9 Å². The molecular formula is C34H53N9O8. The SMILES string of the molecule is CC[C@H](C)[C@H](NC(=O)[C@H](Cc1c[nH]c2ccccc12)NC(=O)[C@H](CCC(=O)O)NC(=O)[C@H](CC(C)C)NC(=O)[C@@H](N)CCCNC(=N)N)C(=O)O. The lowest BCUT2D eigenvalue weighted by Crippen LogP contribution is -2.59. The molecule has 0 fully saturated rings. The molecule has 2 rings (SSSR count). The number of carboxylic acids is 2. The van der Waals surface area contributed by atoms with E-state index in [-0.39, 0.29) is 37.6 Å². The molecule has 6 atom stereocenters. The number of H-pyrrole nitrogens is 1. The lowest BCUT2D eigenvalue weighted by Gasteiger charge is -2.27. The van der Waals surface area contributed by atoms with Gasteiger partial charge in [0.1, 0.15) is 24.2 Å². The van der Waals surface area contributed by atoms with Crippen LogP contribution in [0.25, 0.3) is 10.9 Å². The van der Waals surface area contributed by atoms with Gasteiger partial charge in [0.05, 0.1) is 6.04 Å². The Morgan fingerprint density at radius 3 is 2.08 bits per heavy atom. The number of fused-ring (bicyclic) bond motifs is 1. The van der Waals surface area contributed by atoms with Gasteiger partial charge in [-0.15, -0.1) is 0 Å². The topological polar surface area (TPSA) is 295 Å². The number of carboxylic acid groups (broad SMARTS) is 2. The van der Waals surface area contributed by atoms with Crippen molar-refractivity contribution < 1.29 is 39.0 Å². The largest absolute Gasteiger partial charge is 0.481 e. The average molecular weight is 716 g/mol. The highest BCUT2D eigenvalue weighted by Crippen LogP contribution is 2.20. The number of hydrogen-bond acceptors (Lipinski definition) is 8. The van der Waals surface area contributed by atoms with Gasteiger partial charge in [-0.3, -0.25) is 29.4 Å². The Morgan fingerprint density at radius 2 is 1.47 bits per heavy atom. The maximum absolute atomic E-state index is 13.8. The summed E-state index contributed by atoms with van der Waals surface area (Å²) in [7, 11) is 0. The summed E-state index contributed by atoms with van der Waals surface area (Å²) in [5.41, 5.74) is 12.7. The maximum atomic E-state index is 13.8. The highest BCUT2D eigenvalue weighted by molar-refractivity contribution is 5.96. The summed E-state index contributed by atoms with van der Waals surface area (Å²) in [4.78, 5) is 80.7. The van der Waals surface area contributed by atoms with Crippen LogP contribution in [0, 0.1) is 17.2 Å². The first kappa shape index (κ1) is 42.0. The van der Waals surface area contributed by atoms with Gasteiger partial charge in [0, 0.05) is 36.5 Å². The van der Waals surface area contributed by atoms with E-state index in [2.05, 4.69) is 31.6 Å². The van der Waals surface area contributed by atoms with Crippen LogP contribution in [0.15, 0.2) is 30.5 Å². The van der Waals surface area contributed by atoms with Crippen molar-refractivity contribution >= 4 is 52.4 Å². The van der Waals surface area contributed by atoms with Gasteiger partial charge in [0.25, 0.3) is 0 Å². The lowest BCUT2D eigenvalue weighted by molar-refractivity contribution is -0.143. The molecule has 1 aromatic carbocycles. The number of rotatable bonds is 22. The van der Waals surface area contributed by atoms with E-state index in [1.54, 1.807) is 26.1 Å². The quantitative estimate of drug-likeness (QED) is 0.0447. The molecule has 2 aromatic rings. The number of nitrogens with two attached hydrogens (primary N) is 2. The molecule has 0 saturated heterocycles. The normalized spacial score (nSPS) is 14.7. The number of nitrogens with one attached hydrogen (secondary N) is 7. The molecule has 282 valence electrons. The van der Waals surface area contributed by atoms with Gasteiger partial charge in [-0.25, -0.2) is 4.79 Å². The molecule has 1 heterocycles. The number of carbonyl (C=O) groups is 6. The molecule has 0 radical (unpaired) electrons. The van der Waals surface area contributed by atoms with Crippen LogP contribution in [0.2, 0.25) is 0 Å².